The van der Waals surface area contributed by atoms with Gasteiger partial charge in [-0.2, -0.15) is 0 Å². The second kappa shape index (κ2) is 10.7. The molecule has 0 aromatic heterocycles. The van der Waals surface area contributed by atoms with Gasteiger partial charge in [0.15, 0.2) is 11.5 Å². The summed E-state index contributed by atoms with van der Waals surface area (Å²) in [6.45, 7) is 0.443. The van der Waals surface area contributed by atoms with Crippen molar-refractivity contribution in [3.05, 3.63) is 83.9 Å². The molecule has 6 nitrogen and oxygen atoms in total. The number of benzene rings is 3. The second-order valence-electron chi connectivity index (χ2n) is 6.57. The SMILES string of the molecule is COc1ccc(NC(=O)/C=C/c2ccc(OCc3ccccc3)c(OC)c2)c(OC)c1. The number of hydrogen-bond donors (Lipinski definition) is 1. The van der Waals surface area contributed by atoms with E-state index in [9.17, 15) is 4.79 Å². The molecule has 0 bridgehead atoms. The average molecular weight is 419 g/mol. The highest BCUT2D eigenvalue weighted by Crippen LogP contribution is 2.30. The normalized spacial score (nSPS) is 10.5. The van der Waals surface area contributed by atoms with Gasteiger partial charge in [0, 0.05) is 12.1 Å². The molecule has 160 valence electrons. The largest absolute Gasteiger partial charge is 0.497 e. The van der Waals surface area contributed by atoms with Crippen molar-refractivity contribution in [2.75, 3.05) is 26.6 Å². The molecule has 0 heterocycles. The summed E-state index contributed by atoms with van der Waals surface area (Å²) in [7, 11) is 4.69. The molecule has 1 N–H and O–H groups in total. The third-order valence-electron chi connectivity index (χ3n) is 4.52. The van der Waals surface area contributed by atoms with Crippen molar-refractivity contribution in [1.82, 2.24) is 0 Å². The van der Waals surface area contributed by atoms with Crippen LogP contribution in [0.15, 0.2) is 72.8 Å². The number of amides is 1. The van der Waals surface area contributed by atoms with Gasteiger partial charge in [0.05, 0.1) is 27.0 Å². The predicted molar refractivity (Wildman–Crippen MR) is 121 cm³/mol. The van der Waals surface area contributed by atoms with E-state index in [0.717, 1.165) is 11.1 Å². The number of hydrogen-bond acceptors (Lipinski definition) is 5. The van der Waals surface area contributed by atoms with Gasteiger partial charge in [-0.25, -0.2) is 0 Å². The van der Waals surface area contributed by atoms with Crippen LogP contribution in [0.25, 0.3) is 6.08 Å². The van der Waals surface area contributed by atoms with Gasteiger partial charge < -0.3 is 24.3 Å². The third-order valence-corrected chi connectivity index (χ3v) is 4.52. The Kier molecular flexibility index (Phi) is 7.54. The molecule has 0 aliphatic rings. The number of nitrogens with one attached hydrogen (secondary N) is 1. The van der Waals surface area contributed by atoms with Crippen LogP contribution in [0.2, 0.25) is 0 Å². The quantitative estimate of drug-likeness (QED) is 0.498. The van der Waals surface area contributed by atoms with E-state index in [1.807, 2.05) is 48.5 Å². The number of carbonyl (C=O) groups excluding carboxylic acids is 1. The van der Waals surface area contributed by atoms with Gasteiger partial charge in [0.2, 0.25) is 5.91 Å². The summed E-state index contributed by atoms with van der Waals surface area (Å²) in [4.78, 5) is 12.3. The minimum absolute atomic E-state index is 0.285. The van der Waals surface area contributed by atoms with E-state index in [4.69, 9.17) is 18.9 Å². The van der Waals surface area contributed by atoms with Crippen LogP contribution >= 0.6 is 0 Å². The summed E-state index contributed by atoms with van der Waals surface area (Å²) in [5.74, 6) is 2.10. The molecular weight excluding hydrogens is 394 g/mol. The lowest BCUT2D eigenvalue weighted by Crippen LogP contribution is -2.09. The molecule has 31 heavy (non-hydrogen) atoms. The third kappa shape index (κ3) is 6.02. The highest BCUT2D eigenvalue weighted by Gasteiger charge is 2.08. The van der Waals surface area contributed by atoms with Crippen molar-refractivity contribution >= 4 is 17.7 Å². The van der Waals surface area contributed by atoms with Crippen molar-refractivity contribution in [3.8, 4) is 23.0 Å². The molecule has 0 unspecified atom stereocenters. The van der Waals surface area contributed by atoms with E-state index >= 15 is 0 Å². The molecule has 0 atom stereocenters. The Morgan fingerprint density at radius 1 is 0.839 bits per heavy atom. The Labute approximate surface area is 182 Å². The molecule has 0 saturated carbocycles. The van der Waals surface area contributed by atoms with E-state index < -0.39 is 0 Å². The summed E-state index contributed by atoms with van der Waals surface area (Å²) < 4.78 is 21.8. The lowest BCUT2D eigenvalue weighted by molar-refractivity contribution is -0.111. The number of anilines is 1. The van der Waals surface area contributed by atoms with Crippen LogP contribution in [0.1, 0.15) is 11.1 Å². The fraction of sp³-hybridized carbons (Fsp3) is 0.160. The number of rotatable bonds is 9. The molecule has 0 spiro atoms. The second-order valence-corrected chi connectivity index (χ2v) is 6.57. The van der Waals surface area contributed by atoms with E-state index in [-0.39, 0.29) is 5.91 Å². The van der Waals surface area contributed by atoms with Gasteiger partial charge in [-0.1, -0.05) is 36.4 Å². The first-order valence-electron chi connectivity index (χ1n) is 9.69. The first-order chi connectivity index (χ1) is 15.1. The standard InChI is InChI=1S/C25H25NO5/c1-28-20-11-12-21(23(16-20)29-2)26-25(27)14-10-18-9-13-22(24(15-18)30-3)31-17-19-7-5-4-6-8-19/h4-16H,17H2,1-3H3,(H,26,27)/b14-10+. The summed E-state index contributed by atoms with van der Waals surface area (Å²) in [5.41, 5.74) is 2.43. The molecule has 3 rings (SSSR count). The van der Waals surface area contributed by atoms with Crippen LogP contribution in [-0.2, 0) is 11.4 Å². The van der Waals surface area contributed by atoms with E-state index in [0.29, 0.717) is 35.3 Å². The zero-order chi connectivity index (χ0) is 22.1. The van der Waals surface area contributed by atoms with Gasteiger partial charge in [-0.3, -0.25) is 4.79 Å². The highest BCUT2D eigenvalue weighted by atomic mass is 16.5. The van der Waals surface area contributed by atoms with Gasteiger partial charge in [-0.05, 0) is 41.5 Å². The van der Waals surface area contributed by atoms with Crippen LogP contribution in [0.3, 0.4) is 0 Å². The van der Waals surface area contributed by atoms with Crippen LogP contribution in [0.4, 0.5) is 5.69 Å². The maximum absolute atomic E-state index is 12.3. The van der Waals surface area contributed by atoms with Gasteiger partial charge >= 0.3 is 0 Å². The molecule has 6 heteroatoms. The Balaban J connectivity index is 1.65. The molecule has 0 aliphatic heterocycles. The Hall–Kier alpha value is -3.93. The molecule has 0 aliphatic carbocycles. The number of ether oxygens (including phenoxy) is 4. The summed E-state index contributed by atoms with van der Waals surface area (Å²) in [6, 6.07) is 20.6. The Morgan fingerprint density at radius 3 is 2.32 bits per heavy atom. The Bertz CT molecular complexity index is 1050. The van der Waals surface area contributed by atoms with E-state index in [1.165, 1.54) is 13.2 Å². The zero-order valence-corrected chi connectivity index (χ0v) is 17.8. The maximum Gasteiger partial charge on any atom is 0.248 e. The van der Waals surface area contributed by atoms with Crippen LogP contribution in [-0.4, -0.2) is 27.2 Å². The van der Waals surface area contributed by atoms with Gasteiger partial charge in [-0.15, -0.1) is 0 Å². The minimum atomic E-state index is -0.285. The lowest BCUT2D eigenvalue weighted by atomic mass is 10.2. The van der Waals surface area contributed by atoms with E-state index in [2.05, 4.69) is 5.32 Å². The molecule has 0 saturated heterocycles. The first-order valence-corrected chi connectivity index (χ1v) is 9.69. The average Bonchev–Trinajstić information content (AvgIpc) is 2.82. The lowest BCUT2D eigenvalue weighted by Gasteiger charge is -2.11. The van der Waals surface area contributed by atoms with Gasteiger partial charge in [0.1, 0.15) is 18.1 Å². The van der Waals surface area contributed by atoms with Crippen LogP contribution in [0, 0.1) is 0 Å². The fourth-order valence-corrected chi connectivity index (χ4v) is 2.89. The molecule has 3 aromatic rings. The van der Waals surface area contributed by atoms with Crippen molar-refractivity contribution in [1.29, 1.82) is 0 Å². The Morgan fingerprint density at radius 2 is 1.61 bits per heavy atom. The maximum atomic E-state index is 12.3. The molecule has 1 amide bonds. The van der Waals surface area contributed by atoms with Crippen molar-refractivity contribution in [3.63, 3.8) is 0 Å². The predicted octanol–water partition coefficient (Wildman–Crippen LogP) is 4.94. The summed E-state index contributed by atoms with van der Waals surface area (Å²) in [6.07, 6.45) is 3.15. The van der Waals surface area contributed by atoms with Crippen molar-refractivity contribution in [2.45, 2.75) is 6.61 Å². The highest BCUT2D eigenvalue weighted by molar-refractivity contribution is 6.02. The fourth-order valence-electron chi connectivity index (χ4n) is 2.89. The molecule has 3 aromatic carbocycles. The molecule has 0 fully saturated rings. The van der Waals surface area contributed by atoms with Crippen molar-refractivity contribution in [2.24, 2.45) is 0 Å². The topological polar surface area (TPSA) is 66.0 Å². The first kappa shape index (κ1) is 21.8. The van der Waals surface area contributed by atoms with Crippen LogP contribution in [0.5, 0.6) is 23.0 Å². The monoisotopic (exact) mass is 419 g/mol. The smallest absolute Gasteiger partial charge is 0.248 e. The molecule has 0 radical (unpaired) electrons. The minimum Gasteiger partial charge on any atom is -0.497 e. The number of carbonyl (C=O) groups is 1. The van der Waals surface area contributed by atoms with Crippen molar-refractivity contribution < 1.29 is 23.7 Å². The van der Waals surface area contributed by atoms with Crippen LogP contribution < -0.4 is 24.3 Å². The van der Waals surface area contributed by atoms with E-state index in [1.54, 1.807) is 38.5 Å². The number of methoxy groups -OCH3 is 3. The van der Waals surface area contributed by atoms with Gasteiger partial charge in [0.25, 0.3) is 0 Å². The zero-order valence-electron chi connectivity index (χ0n) is 17.8. The summed E-state index contributed by atoms with van der Waals surface area (Å²) in [5, 5.41) is 2.80. The molecular formula is C25H25NO5. The summed E-state index contributed by atoms with van der Waals surface area (Å²) >= 11 is 0.